The van der Waals surface area contributed by atoms with Gasteiger partial charge in [0.05, 0.1) is 4.92 Å². The van der Waals surface area contributed by atoms with E-state index in [2.05, 4.69) is 5.32 Å². The van der Waals surface area contributed by atoms with Crippen molar-refractivity contribution in [3.05, 3.63) is 39.4 Å². The molecule has 6 nitrogen and oxygen atoms in total. The quantitative estimate of drug-likeness (QED) is 0.455. The number of carbonyl (C=O) groups is 1. The molecule has 1 aromatic rings. The number of benzene rings is 1. The highest BCUT2D eigenvalue weighted by Gasteiger charge is 2.27. The van der Waals surface area contributed by atoms with Crippen LogP contribution < -0.4 is 5.32 Å². The van der Waals surface area contributed by atoms with Crippen molar-refractivity contribution in [2.45, 2.75) is 12.1 Å². The van der Waals surface area contributed by atoms with Crippen LogP contribution in [-0.2, 0) is 6.54 Å². The van der Waals surface area contributed by atoms with E-state index in [1.54, 1.807) is 0 Å². The Morgan fingerprint density at radius 3 is 2.62 bits per heavy atom. The fraction of sp³-hybridized carbons (Fsp3) is 0.364. The number of nitro benzene ring substituents is 1. The number of rotatable bonds is 7. The maximum Gasteiger partial charge on any atom is 0.441 e. The van der Waals surface area contributed by atoms with E-state index in [1.165, 1.54) is 12.1 Å². The molecule has 2 N–H and O–H groups in total. The van der Waals surface area contributed by atoms with Crippen LogP contribution in [0, 0.1) is 10.1 Å². The first kappa shape index (κ1) is 17.2. The van der Waals surface area contributed by atoms with Crippen LogP contribution >= 0.6 is 11.8 Å². The molecule has 10 heteroatoms. The summed E-state index contributed by atoms with van der Waals surface area (Å²) >= 11 is -0.200. The molecular weight excluding hydrogens is 313 g/mol. The van der Waals surface area contributed by atoms with Crippen LogP contribution in [0.2, 0.25) is 0 Å². The Morgan fingerprint density at radius 1 is 1.43 bits per heavy atom. The minimum absolute atomic E-state index is 0.00801. The smallest absolute Gasteiger partial charge is 0.441 e. The minimum Gasteiger partial charge on any atom is -0.477 e. The second-order valence-electron chi connectivity index (χ2n) is 3.84. The predicted molar refractivity (Wildman–Crippen MR) is 70.3 cm³/mol. The zero-order valence-electron chi connectivity index (χ0n) is 10.5. The van der Waals surface area contributed by atoms with Crippen molar-refractivity contribution >= 4 is 23.4 Å². The molecule has 0 amide bonds. The van der Waals surface area contributed by atoms with Gasteiger partial charge in [0, 0.05) is 24.9 Å². The first-order chi connectivity index (χ1) is 9.72. The number of halogens is 3. The van der Waals surface area contributed by atoms with Gasteiger partial charge >= 0.3 is 11.5 Å². The van der Waals surface area contributed by atoms with Gasteiger partial charge in [-0.1, -0.05) is 12.1 Å². The van der Waals surface area contributed by atoms with Gasteiger partial charge in [-0.2, -0.15) is 13.2 Å². The van der Waals surface area contributed by atoms with Crippen LogP contribution in [0.1, 0.15) is 15.9 Å². The number of nitrogens with one attached hydrogen (secondary N) is 1. The van der Waals surface area contributed by atoms with E-state index in [0.717, 1.165) is 6.07 Å². The second-order valence-corrected chi connectivity index (χ2v) is 5.00. The normalized spacial score (nSPS) is 11.4. The highest BCUT2D eigenvalue weighted by Crippen LogP contribution is 2.29. The van der Waals surface area contributed by atoms with E-state index in [-0.39, 0.29) is 36.2 Å². The van der Waals surface area contributed by atoms with Gasteiger partial charge in [0.1, 0.15) is 5.56 Å². The number of hydrogen-bond acceptors (Lipinski definition) is 5. The Bertz CT molecular complexity index is 537. The van der Waals surface area contributed by atoms with Gasteiger partial charge in [0.15, 0.2) is 0 Å². The van der Waals surface area contributed by atoms with Crippen LogP contribution in [0.5, 0.6) is 0 Å². The highest BCUT2D eigenvalue weighted by molar-refractivity contribution is 8.00. The summed E-state index contributed by atoms with van der Waals surface area (Å²) in [5, 5.41) is 22.4. The molecular formula is C11H11F3N2O4S. The molecule has 0 spiro atoms. The summed E-state index contributed by atoms with van der Waals surface area (Å²) in [5.41, 5.74) is -5.18. The monoisotopic (exact) mass is 324 g/mol. The number of hydrogen-bond donors (Lipinski definition) is 2. The molecule has 0 saturated carbocycles. The maximum atomic E-state index is 11.9. The molecule has 21 heavy (non-hydrogen) atoms. The number of aromatic carboxylic acids is 1. The first-order valence-electron chi connectivity index (χ1n) is 5.63. The van der Waals surface area contributed by atoms with Crippen molar-refractivity contribution in [3.8, 4) is 0 Å². The lowest BCUT2D eigenvalue weighted by Crippen LogP contribution is -2.20. The fourth-order valence-electron chi connectivity index (χ4n) is 1.59. The summed E-state index contributed by atoms with van der Waals surface area (Å²) in [6.07, 6.45) is 0. The van der Waals surface area contributed by atoms with Gasteiger partial charge in [-0.15, -0.1) is 0 Å². The molecule has 0 bridgehead atoms. The lowest BCUT2D eigenvalue weighted by molar-refractivity contribution is -0.385. The van der Waals surface area contributed by atoms with Crippen LogP contribution in [0.25, 0.3) is 0 Å². The Hall–Kier alpha value is -1.81. The van der Waals surface area contributed by atoms with E-state index in [4.69, 9.17) is 5.11 Å². The highest BCUT2D eigenvalue weighted by atomic mass is 32.2. The van der Waals surface area contributed by atoms with Gasteiger partial charge in [0.2, 0.25) is 0 Å². The first-order valence-corrected chi connectivity index (χ1v) is 6.62. The molecule has 0 saturated heterocycles. The third kappa shape index (κ3) is 5.60. The summed E-state index contributed by atoms with van der Waals surface area (Å²) in [7, 11) is 0. The lowest BCUT2D eigenvalue weighted by Gasteiger charge is -2.09. The van der Waals surface area contributed by atoms with Crippen molar-refractivity contribution in [1.29, 1.82) is 0 Å². The fourth-order valence-corrected chi connectivity index (χ4v) is 2.07. The third-order valence-electron chi connectivity index (χ3n) is 2.40. The standard InChI is InChI=1S/C11H11F3N2O4S/c12-11(13,14)21-5-4-15-6-7-2-1-3-8(16(19)20)9(7)10(17)18/h1-3,15H,4-6H2,(H,17,18). The molecule has 116 valence electrons. The third-order valence-corrected chi connectivity index (χ3v) is 3.13. The number of nitrogens with zero attached hydrogens (tertiary/aromatic N) is 1. The number of alkyl halides is 3. The maximum absolute atomic E-state index is 11.9. The molecule has 0 aliphatic rings. The Morgan fingerprint density at radius 2 is 2.10 bits per heavy atom. The Balaban J connectivity index is 2.69. The largest absolute Gasteiger partial charge is 0.477 e. The van der Waals surface area contributed by atoms with Gasteiger partial charge in [0.25, 0.3) is 5.69 Å². The van der Waals surface area contributed by atoms with E-state index >= 15 is 0 Å². The van der Waals surface area contributed by atoms with Crippen molar-refractivity contribution in [1.82, 2.24) is 5.32 Å². The van der Waals surface area contributed by atoms with Gasteiger partial charge in [-0.3, -0.25) is 10.1 Å². The molecule has 0 aromatic heterocycles. The minimum atomic E-state index is -4.32. The lowest BCUT2D eigenvalue weighted by atomic mass is 10.1. The van der Waals surface area contributed by atoms with E-state index in [1.807, 2.05) is 0 Å². The molecule has 0 radical (unpaired) electrons. The van der Waals surface area contributed by atoms with E-state index in [0.29, 0.717) is 0 Å². The molecule has 0 unspecified atom stereocenters. The van der Waals surface area contributed by atoms with Gasteiger partial charge in [-0.05, 0) is 17.3 Å². The summed E-state index contributed by atoms with van der Waals surface area (Å²) in [6, 6.07) is 3.76. The topological polar surface area (TPSA) is 92.5 Å². The summed E-state index contributed by atoms with van der Waals surface area (Å²) in [6.45, 7) is -0.0757. The predicted octanol–water partition coefficient (Wildman–Crippen LogP) is 2.64. The Kier molecular flexibility index (Phi) is 5.97. The number of carboxylic acid groups (broad SMARTS) is 1. The van der Waals surface area contributed by atoms with Crippen molar-refractivity contribution < 1.29 is 28.0 Å². The van der Waals surface area contributed by atoms with Crippen molar-refractivity contribution in [3.63, 3.8) is 0 Å². The second kappa shape index (κ2) is 7.27. The zero-order valence-corrected chi connectivity index (χ0v) is 11.3. The molecule has 0 aliphatic carbocycles. The summed E-state index contributed by atoms with van der Waals surface area (Å²) in [4.78, 5) is 21.0. The van der Waals surface area contributed by atoms with Crippen LogP contribution in [0.3, 0.4) is 0 Å². The van der Waals surface area contributed by atoms with Crippen LogP contribution in [0.15, 0.2) is 18.2 Å². The SMILES string of the molecule is O=C(O)c1c(CNCCSC(F)(F)F)cccc1[N+](=O)[O-]. The van der Waals surface area contributed by atoms with E-state index < -0.39 is 27.7 Å². The number of thioether (sulfide) groups is 1. The van der Waals surface area contributed by atoms with E-state index in [9.17, 15) is 28.1 Å². The zero-order chi connectivity index (χ0) is 16.0. The molecule has 0 aliphatic heterocycles. The summed E-state index contributed by atoms with van der Waals surface area (Å²) in [5.74, 6) is -1.69. The van der Waals surface area contributed by atoms with Crippen LogP contribution in [0.4, 0.5) is 18.9 Å². The van der Waals surface area contributed by atoms with Gasteiger partial charge in [-0.25, -0.2) is 4.79 Å². The molecule has 0 atom stereocenters. The molecule has 1 rings (SSSR count). The van der Waals surface area contributed by atoms with Crippen LogP contribution in [-0.4, -0.2) is 33.8 Å². The average Bonchev–Trinajstić information content (AvgIpc) is 2.36. The van der Waals surface area contributed by atoms with Crippen molar-refractivity contribution in [2.24, 2.45) is 0 Å². The van der Waals surface area contributed by atoms with Gasteiger partial charge < -0.3 is 10.4 Å². The van der Waals surface area contributed by atoms with Crippen molar-refractivity contribution in [2.75, 3.05) is 12.3 Å². The number of nitro groups is 1. The molecule has 0 heterocycles. The molecule has 0 fully saturated rings. The molecule has 1 aromatic carbocycles. The summed E-state index contributed by atoms with van der Waals surface area (Å²) < 4.78 is 35.7. The number of carboxylic acids is 1. The average molecular weight is 324 g/mol. The Labute approximate surface area is 121 Å².